The highest BCUT2D eigenvalue weighted by atomic mass is 32.2. The van der Waals surface area contributed by atoms with E-state index in [1.807, 2.05) is 12.1 Å². The lowest BCUT2D eigenvalue weighted by Gasteiger charge is -2.31. The molecule has 0 unspecified atom stereocenters. The summed E-state index contributed by atoms with van der Waals surface area (Å²) in [5, 5.41) is 9.61. The number of sulfonamides is 1. The van der Waals surface area contributed by atoms with Gasteiger partial charge in [0.25, 0.3) is 10.0 Å². The number of aromatic amines is 1. The number of fused-ring (bicyclic) bond motifs is 1. The zero-order valence-electron chi connectivity index (χ0n) is 12.3. The highest BCUT2D eigenvalue weighted by Gasteiger charge is 2.32. The maximum atomic E-state index is 12.7. The van der Waals surface area contributed by atoms with E-state index in [0.717, 1.165) is 29.6 Å². The molecule has 1 aliphatic heterocycles. The van der Waals surface area contributed by atoms with Crippen LogP contribution in [0.25, 0.3) is 11.0 Å². The third-order valence-corrected chi connectivity index (χ3v) is 7.45. The summed E-state index contributed by atoms with van der Waals surface area (Å²) in [5.41, 5.74) is 1.67. The van der Waals surface area contributed by atoms with Gasteiger partial charge in [-0.2, -0.15) is 9.40 Å². The van der Waals surface area contributed by atoms with Gasteiger partial charge < -0.3 is 0 Å². The van der Waals surface area contributed by atoms with E-state index in [4.69, 9.17) is 0 Å². The average Bonchev–Trinajstić information content (AvgIpc) is 3.26. The van der Waals surface area contributed by atoms with Gasteiger partial charge in [0, 0.05) is 30.1 Å². The molecule has 23 heavy (non-hydrogen) atoms. The normalized spacial score (nSPS) is 20.1. The Hall–Kier alpha value is -1.77. The van der Waals surface area contributed by atoms with Gasteiger partial charge in [0.1, 0.15) is 4.21 Å². The molecule has 0 radical (unpaired) electrons. The molecule has 0 amide bonds. The zero-order valence-corrected chi connectivity index (χ0v) is 14.0. The number of rotatable bonds is 3. The maximum absolute atomic E-state index is 12.7. The molecule has 0 bridgehead atoms. The van der Waals surface area contributed by atoms with E-state index in [1.54, 1.807) is 28.0 Å². The summed E-state index contributed by atoms with van der Waals surface area (Å²) in [6, 6.07) is 7.39. The molecule has 4 rings (SSSR count). The third-order valence-electron chi connectivity index (χ3n) is 4.21. The van der Waals surface area contributed by atoms with Crippen LogP contribution in [0.3, 0.4) is 0 Å². The van der Waals surface area contributed by atoms with E-state index >= 15 is 0 Å². The van der Waals surface area contributed by atoms with Crippen LogP contribution in [0.4, 0.5) is 0 Å². The number of nitrogens with one attached hydrogen (secondary N) is 1. The second-order valence-electron chi connectivity index (χ2n) is 5.68. The van der Waals surface area contributed by atoms with Crippen molar-refractivity contribution in [3.8, 4) is 0 Å². The van der Waals surface area contributed by atoms with Crippen molar-refractivity contribution in [1.29, 1.82) is 0 Å². The van der Waals surface area contributed by atoms with E-state index in [-0.39, 0.29) is 5.92 Å². The Balaban J connectivity index is 1.61. The van der Waals surface area contributed by atoms with E-state index in [1.165, 1.54) is 11.3 Å². The molecule has 1 fully saturated rings. The van der Waals surface area contributed by atoms with Gasteiger partial charge >= 0.3 is 0 Å². The summed E-state index contributed by atoms with van der Waals surface area (Å²) in [4.78, 5) is 4.60. The predicted octanol–water partition coefficient (Wildman–Crippen LogP) is 2.59. The standard InChI is InChI=1S/C15H16N4O2S2/c20-23(21,14-4-2-8-22-14)19-7-1-3-12(10-19)13-6-5-11-9-16-18-15(11)17-13/h2,4-6,8-9,12H,1,3,7,10H2,(H,16,17,18)/t12-/m1/s1. The molecular formula is C15H16N4O2S2. The topological polar surface area (TPSA) is 79.0 Å². The molecule has 6 nitrogen and oxygen atoms in total. The second kappa shape index (κ2) is 5.70. The molecule has 120 valence electrons. The van der Waals surface area contributed by atoms with Gasteiger partial charge in [0.15, 0.2) is 5.65 Å². The highest BCUT2D eigenvalue weighted by Crippen LogP contribution is 2.31. The Morgan fingerprint density at radius 3 is 3.04 bits per heavy atom. The summed E-state index contributed by atoms with van der Waals surface area (Å²) in [6.07, 6.45) is 3.53. The molecule has 1 aliphatic rings. The van der Waals surface area contributed by atoms with Crippen LogP contribution in [0.5, 0.6) is 0 Å². The summed E-state index contributed by atoms with van der Waals surface area (Å²) in [5.74, 6) is 0.117. The number of hydrogen-bond donors (Lipinski definition) is 1. The van der Waals surface area contributed by atoms with Crippen molar-refractivity contribution in [1.82, 2.24) is 19.5 Å². The molecule has 0 aromatic carbocycles. The van der Waals surface area contributed by atoms with E-state index in [0.29, 0.717) is 17.3 Å². The molecule has 8 heteroatoms. The zero-order chi connectivity index (χ0) is 15.9. The van der Waals surface area contributed by atoms with Crippen molar-refractivity contribution in [2.75, 3.05) is 13.1 Å². The van der Waals surface area contributed by atoms with Crippen molar-refractivity contribution in [2.24, 2.45) is 0 Å². The largest absolute Gasteiger partial charge is 0.261 e. The molecule has 3 aromatic rings. The van der Waals surface area contributed by atoms with Gasteiger partial charge in [-0.25, -0.2) is 13.4 Å². The Kier molecular flexibility index (Phi) is 3.67. The van der Waals surface area contributed by atoms with Crippen LogP contribution in [0, 0.1) is 0 Å². The molecular weight excluding hydrogens is 332 g/mol. The van der Waals surface area contributed by atoms with Crippen LogP contribution in [-0.2, 0) is 10.0 Å². The lowest BCUT2D eigenvalue weighted by molar-refractivity contribution is 0.313. The Bertz CT molecular complexity index is 918. The molecule has 4 heterocycles. The highest BCUT2D eigenvalue weighted by molar-refractivity contribution is 7.91. The van der Waals surface area contributed by atoms with Gasteiger partial charge in [-0.15, -0.1) is 11.3 Å². The van der Waals surface area contributed by atoms with E-state index < -0.39 is 10.0 Å². The summed E-state index contributed by atoms with van der Waals surface area (Å²) < 4.78 is 27.4. The molecule has 0 saturated carbocycles. The minimum atomic E-state index is -3.39. The number of hydrogen-bond acceptors (Lipinski definition) is 5. The summed E-state index contributed by atoms with van der Waals surface area (Å²) in [7, 11) is -3.39. The smallest absolute Gasteiger partial charge is 0.252 e. The van der Waals surface area contributed by atoms with Gasteiger partial charge in [-0.3, -0.25) is 5.10 Å². The number of piperidine rings is 1. The van der Waals surface area contributed by atoms with Crippen LogP contribution in [0.15, 0.2) is 40.1 Å². The van der Waals surface area contributed by atoms with E-state index in [2.05, 4.69) is 15.2 Å². The van der Waals surface area contributed by atoms with Crippen LogP contribution in [0.1, 0.15) is 24.5 Å². The van der Waals surface area contributed by atoms with Crippen LogP contribution in [0.2, 0.25) is 0 Å². The Morgan fingerprint density at radius 2 is 2.22 bits per heavy atom. The first-order valence-corrected chi connectivity index (χ1v) is 9.80. The second-order valence-corrected chi connectivity index (χ2v) is 8.79. The third kappa shape index (κ3) is 2.66. The SMILES string of the molecule is O=S(=O)(c1cccs1)N1CCC[C@@H](c2ccc3cn[nH]c3n2)C1. The quantitative estimate of drug-likeness (QED) is 0.789. The first-order chi connectivity index (χ1) is 11.1. The lowest BCUT2D eigenvalue weighted by Crippen LogP contribution is -2.38. The fourth-order valence-corrected chi connectivity index (χ4v) is 5.68. The molecule has 1 atom stereocenters. The average molecular weight is 348 g/mol. The molecule has 3 aromatic heterocycles. The van der Waals surface area contributed by atoms with Gasteiger partial charge in [-0.1, -0.05) is 6.07 Å². The van der Waals surface area contributed by atoms with Crippen molar-refractivity contribution < 1.29 is 8.42 Å². The fourth-order valence-electron chi connectivity index (χ4n) is 3.01. The van der Waals surface area contributed by atoms with Crippen molar-refractivity contribution >= 4 is 32.4 Å². The number of thiophene rings is 1. The molecule has 1 saturated heterocycles. The number of H-pyrrole nitrogens is 1. The number of nitrogens with zero attached hydrogens (tertiary/aromatic N) is 3. The minimum Gasteiger partial charge on any atom is -0.261 e. The maximum Gasteiger partial charge on any atom is 0.252 e. The van der Waals surface area contributed by atoms with Crippen LogP contribution < -0.4 is 0 Å². The Labute approximate surface area is 138 Å². The van der Waals surface area contributed by atoms with Crippen molar-refractivity contribution in [2.45, 2.75) is 23.0 Å². The first kappa shape index (κ1) is 14.8. The number of pyridine rings is 1. The van der Waals surface area contributed by atoms with Gasteiger partial charge in [0.05, 0.1) is 6.20 Å². The van der Waals surface area contributed by atoms with Crippen LogP contribution >= 0.6 is 11.3 Å². The van der Waals surface area contributed by atoms with Crippen LogP contribution in [-0.4, -0.2) is 41.0 Å². The monoisotopic (exact) mass is 348 g/mol. The lowest BCUT2D eigenvalue weighted by atomic mass is 9.95. The predicted molar refractivity (Wildman–Crippen MR) is 88.9 cm³/mol. The first-order valence-electron chi connectivity index (χ1n) is 7.48. The summed E-state index contributed by atoms with van der Waals surface area (Å²) in [6.45, 7) is 1.05. The summed E-state index contributed by atoms with van der Waals surface area (Å²) >= 11 is 1.27. The number of aromatic nitrogens is 3. The van der Waals surface area contributed by atoms with Crippen molar-refractivity contribution in [3.05, 3.63) is 41.5 Å². The van der Waals surface area contributed by atoms with E-state index in [9.17, 15) is 8.42 Å². The van der Waals surface area contributed by atoms with Gasteiger partial charge in [0.2, 0.25) is 0 Å². The fraction of sp³-hybridized carbons (Fsp3) is 0.333. The van der Waals surface area contributed by atoms with Crippen molar-refractivity contribution in [3.63, 3.8) is 0 Å². The molecule has 1 N–H and O–H groups in total. The Morgan fingerprint density at radius 1 is 1.30 bits per heavy atom. The molecule has 0 spiro atoms. The van der Waals surface area contributed by atoms with Gasteiger partial charge in [-0.05, 0) is 36.4 Å². The minimum absolute atomic E-state index is 0.117. The molecule has 0 aliphatic carbocycles.